The number of carboxylic acid groups (broad SMARTS) is 1. The van der Waals surface area contributed by atoms with Gasteiger partial charge in [-0.3, -0.25) is 29.0 Å². The minimum atomic E-state index is -2.03. The highest BCUT2D eigenvalue weighted by atomic mass is 16.4. The molecule has 1 heterocycles. The van der Waals surface area contributed by atoms with Crippen LogP contribution in [0.2, 0.25) is 0 Å². The third kappa shape index (κ3) is 5.65. The highest BCUT2D eigenvalue weighted by Gasteiger charge is 2.52. The van der Waals surface area contributed by atoms with Gasteiger partial charge in [0.05, 0.1) is 6.54 Å². The fourth-order valence-electron chi connectivity index (χ4n) is 4.14. The zero-order valence-corrected chi connectivity index (χ0v) is 18.1. The standard InChI is InChI=1S/C19H31N7O6/c1-19(16(20)31)17(32)25(10-14(28)29)6-7-26(19)13(27)9-23-15(30)12-4-2-11(3-5-12)8-24-18(21)22/h11-12H,2-10H2,1H3,(H2,20,31)(H,23,30)(H,28,29)(H4,21,22,24)/t11?,12?,19-/m0/s1. The Labute approximate surface area is 185 Å². The highest BCUT2D eigenvalue weighted by Crippen LogP contribution is 2.29. The minimum absolute atomic E-state index is 0.0358. The topological polar surface area (TPSA) is 215 Å². The Kier molecular flexibility index (Phi) is 8.00. The van der Waals surface area contributed by atoms with Gasteiger partial charge in [0.15, 0.2) is 11.5 Å². The smallest absolute Gasteiger partial charge is 0.323 e. The Morgan fingerprint density at radius 2 is 1.75 bits per heavy atom. The number of amides is 4. The summed E-state index contributed by atoms with van der Waals surface area (Å²) in [5, 5.41) is 11.5. The van der Waals surface area contributed by atoms with Crippen molar-refractivity contribution in [1.29, 1.82) is 0 Å². The predicted octanol–water partition coefficient (Wildman–Crippen LogP) is -2.82. The van der Waals surface area contributed by atoms with E-state index in [-0.39, 0.29) is 30.9 Å². The van der Waals surface area contributed by atoms with Crippen LogP contribution in [0.5, 0.6) is 0 Å². The number of carbonyl (C=O) groups is 5. The third-order valence-corrected chi connectivity index (χ3v) is 6.11. The van der Waals surface area contributed by atoms with Crippen LogP contribution in [0.25, 0.3) is 0 Å². The average molecular weight is 454 g/mol. The molecule has 0 aromatic heterocycles. The molecule has 1 saturated heterocycles. The Morgan fingerprint density at radius 1 is 1.12 bits per heavy atom. The first-order chi connectivity index (χ1) is 15.0. The number of carbonyl (C=O) groups excluding carboxylic acids is 4. The van der Waals surface area contributed by atoms with Crippen molar-refractivity contribution >= 4 is 35.6 Å². The number of rotatable bonds is 8. The molecule has 1 aliphatic heterocycles. The van der Waals surface area contributed by atoms with Gasteiger partial charge >= 0.3 is 5.97 Å². The second-order valence-corrected chi connectivity index (χ2v) is 8.30. The zero-order valence-electron chi connectivity index (χ0n) is 18.1. The number of hydrogen-bond acceptors (Lipinski definition) is 6. The van der Waals surface area contributed by atoms with Gasteiger partial charge in [-0.05, 0) is 38.5 Å². The second-order valence-electron chi connectivity index (χ2n) is 8.30. The van der Waals surface area contributed by atoms with E-state index in [0.717, 1.165) is 22.6 Å². The summed E-state index contributed by atoms with van der Waals surface area (Å²) in [5.74, 6) is -4.03. The van der Waals surface area contributed by atoms with Crippen LogP contribution >= 0.6 is 0 Å². The molecule has 0 radical (unpaired) electrons. The molecule has 2 fully saturated rings. The molecule has 0 spiro atoms. The molecule has 13 heteroatoms. The minimum Gasteiger partial charge on any atom is -0.480 e. The van der Waals surface area contributed by atoms with Gasteiger partial charge in [-0.25, -0.2) is 0 Å². The molecule has 0 aromatic carbocycles. The monoisotopic (exact) mass is 453 g/mol. The molecular formula is C19H31N7O6. The van der Waals surface area contributed by atoms with Crippen LogP contribution in [0.1, 0.15) is 32.6 Å². The lowest BCUT2D eigenvalue weighted by atomic mass is 9.81. The number of nitrogens with one attached hydrogen (secondary N) is 1. The van der Waals surface area contributed by atoms with E-state index in [1.165, 1.54) is 6.92 Å². The lowest BCUT2D eigenvalue weighted by Gasteiger charge is -2.45. The Morgan fingerprint density at radius 3 is 2.28 bits per heavy atom. The van der Waals surface area contributed by atoms with Gasteiger partial charge < -0.3 is 37.4 Å². The van der Waals surface area contributed by atoms with E-state index in [1.807, 2.05) is 0 Å². The van der Waals surface area contributed by atoms with Gasteiger partial charge in [0.2, 0.25) is 11.8 Å². The van der Waals surface area contributed by atoms with Crippen LogP contribution in [0, 0.1) is 11.8 Å². The average Bonchev–Trinajstić information content (AvgIpc) is 2.73. The maximum atomic E-state index is 12.8. The predicted molar refractivity (Wildman–Crippen MR) is 113 cm³/mol. The normalized spacial score (nSPS) is 25.7. The highest BCUT2D eigenvalue weighted by molar-refractivity contribution is 6.12. The van der Waals surface area contributed by atoms with Gasteiger partial charge in [-0.1, -0.05) is 0 Å². The molecule has 2 rings (SSSR count). The fourth-order valence-corrected chi connectivity index (χ4v) is 4.14. The van der Waals surface area contributed by atoms with E-state index < -0.39 is 42.3 Å². The molecule has 0 bridgehead atoms. The summed E-state index contributed by atoms with van der Waals surface area (Å²) in [4.78, 5) is 67.0. The van der Waals surface area contributed by atoms with Crippen molar-refractivity contribution < 1.29 is 29.1 Å². The third-order valence-electron chi connectivity index (χ3n) is 6.11. The Balaban J connectivity index is 1.93. The first-order valence-electron chi connectivity index (χ1n) is 10.4. The molecule has 1 atom stereocenters. The lowest BCUT2D eigenvalue weighted by Crippen LogP contribution is -2.72. The van der Waals surface area contributed by atoms with E-state index in [1.54, 1.807) is 0 Å². The van der Waals surface area contributed by atoms with E-state index in [2.05, 4.69) is 10.3 Å². The summed E-state index contributed by atoms with van der Waals surface area (Å²) >= 11 is 0. The molecule has 8 N–H and O–H groups in total. The first-order valence-corrected chi connectivity index (χ1v) is 10.4. The van der Waals surface area contributed by atoms with Crippen molar-refractivity contribution in [2.24, 2.45) is 34.0 Å². The summed E-state index contributed by atoms with van der Waals surface area (Å²) in [5.41, 5.74) is 14.1. The molecule has 13 nitrogen and oxygen atoms in total. The number of guanidine groups is 1. The number of piperazine rings is 1. The molecule has 178 valence electrons. The largest absolute Gasteiger partial charge is 0.480 e. The number of hydrogen-bond donors (Lipinski definition) is 5. The van der Waals surface area contributed by atoms with Gasteiger partial charge in [-0.15, -0.1) is 0 Å². The molecule has 1 aliphatic carbocycles. The van der Waals surface area contributed by atoms with Crippen LogP contribution in [0.15, 0.2) is 4.99 Å². The zero-order chi connectivity index (χ0) is 24.1. The number of nitrogens with two attached hydrogens (primary N) is 3. The van der Waals surface area contributed by atoms with E-state index in [4.69, 9.17) is 22.3 Å². The summed E-state index contributed by atoms with van der Waals surface area (Å²) in [7, 11) is 0. The summed E-state index contributed by atoms with van der Waals surface area (Å²) < 4.78 is 0. The van der Waals surface area contributed by atoms with E-state index >= 15 is 0 Å². The molecule has 1 saturated carbocycles. The van der Waals surface area contributed by atoms with Crippen LogP contribution < -0.4 is 22.5 Å². The van der Waals surface area contributed by atoms with Crippen molar-refractivity contribution in [3.8, 4) is 0 Å². The quantitative estimate of drug-likeness (QED) is 0.146. The number of aliphatic carboxylic acids is 1. The lowest BCUT2D eigenvalue weighted by molar-refractivity contribution is -0.166. The van der Waals surface area contributed by atoms with Crippen LogP contribution in [-0.2, 0) is 24.0 Å². The van der Waals surface area contributed by atoms with Gasteiger partial charge in [-0.2, -0.15) is 0 Å². The maximum Gasteiger partial charge on any atom is 0.323 e. The summed E-state index contributed by atoms with van der Waals surface area (Å²) in [6.45, 7) is 0.552. The number of nitrogens with zero attached hydrogens (tertiary/aromatic N) is 3. The Hall–Kier alpha value is -3.38. The fraction of sp³-hybridized carbons (Fsp3) is 0.684. The van der Waals surface area contributed by atoms with E-state index in [9.17, 15) is 24.0 Å². The second kappa shape index (κ2) is 10.3. The summed E-state index contributed by atoms with van der Waals surface area (Å²) in [6.07, 6.45) is 2.83. The first kappa shape index (κ1) is 24.9. The van der Waals surface area contributed by atoms with Crippen molar-refractivity contribution in [1.82, 2.24) is 15.1 Å². The number of aliphatic imine (C=N–C) groups is 1. The molecule has 0 unspecified atom stereocenters. The van der Waals surface area contributed by atoms with Crippen molar-refractivity contribution in [2.75, 3.05) is 32.7 Å². The number of carboxylic acids is 1. The van der Waals surface area contributed by atoms with Crippen molar-refractivity contribution in [3.05, 3.63) is 0 Å². The number of primary amides is 1. The van der Waals surface area contributed by atoms with Crippen LogP contribution in [0.4, 0.5) is 0 Å². The molecule has 0 aromatic rings. The van der Waals surface area contributed by atoms with Gasteiger partial charge in [0, 0.05) is 25.6 Å². The maximum absolute atomic E-state index is 12.8. The van der Waals surface area contributed by atoms with Crippen LogP contribution in [0.3, 0.4) is 0 Å². The van der Waals surface area contributed by atoms with Crippen molar-refractivity contribution in [3.63, 3.8) is 0 Å². The molecular weight excluding hydrogens is 422 g/mol. The SMILES string of the molecule is C[C@]1(C(N)=O)C(=O)N(CC(=O)O)CCN1C(=O)CNC(=O)C1CCC(CN=C(N)N)CC1. The van der Waals surface area contributed by atoms with Crippen LogP contribution in [-0.4, -0.2) is 88.7 Å². The van der Waals surface area contributed by atoms with Gasteiger partial charge in [0.1, 0.15) is 6.54 Å². The van der Waals surface area contributed by atoms with E-state index in [0.29, 0.717) is 25.3 Å². The Bertz CT molecular complexity index is 804. The van der Waals surface area contributed by atoms with Gasteiger partial charge in [0.25, 0.3) is 11.8 Å². The molecule has 2 aliphatic rings. The molecule has 4 amide bonds. The summed E-state index contributed by atoms with van der Waals surface area (Å²) in [6, 6.07) is 0. The molecule has 32 heavy (non-hydrogen) atoms. The van der Waals surface area contributed by atoms with Crippen molar-refractivity contribution in [2.45, 2.75) is 38.1 Å².